The molecule has 0 aliphatic carbocycles. The number of ether oxygens (including phenoxy) is 1. The van der Waals surface area contributed by atoms with E-state index in [1.807, 2.05) is 24.3 Å². The molecule has 0 aliphatic heterocycles. The van der Waals surface area contributed by atoms with E-state index in [4.69, 9.17) is 14.9 Å². The Bertz CT molecular complexity index is 479. The van der Waals surface area contributed by atoms with E-state index in [2.05, 4.69) is 15.9 Å². The van der Waals surface area contributed by atoms with Crippen molar-refractivity contribution in [3.8, 4) is 17.1 Å². The fourth-order valence-corrected chi connectivity index (χ4v) is 1.66. The van der Waals surface area contributed by atoms with Gasteiger partial charge in [0.15, 0.2) is 4.67 Å². The van der Waals surface area contributed by atoms with Gasteiger partial charge in [-0.05, 0) is 40.2 Å². The maximum atomic E-state index is 5.88. The summed E-state index contributed by atoms with van der Waals surface area (Å²) in [5.74, 6) is 1.48. The predicted molar refractivity (Wildman–Crippen MR) is 62.8 cm³/mol. The summed E-state index contributed by atoms with van der Waals surface area (Å²) in [6.45, 7) is 0. The Morgan fingerprint density at radius 3 is 2.60 bits per heavy atom. The van der Waals surface area contributed by atoms with Crippen LogP contribution < -0.4 is 10.5 Å². The fourth-order valence-electron chi connectivity index (χ4n) is 1.35. The molecule has 1 aromatic carbocycles. The Balaban J connectivity index is 2.45. The van der Waals surface area contributed by atoms with Crippen LogP contribution in [-0.2, 0) is 0 Å². The minimum Gasteiger partial charge on any atom is -0.497 e. The SMILES string of the molecule is COc1ccc(-c2ccc(Br)o2)c(N)c1. The van der Waals surface area contributed by atoms with Crippen molar-refractivity contribution in [2.24, 2.45) is 0 Å². The third-order valence-electron chi connectivity index (χ3n) is 2.10. The highest BCUT2D eigenvalue weighted by Gasteiger charge is 2.07. The first-order chi connectivity index (χ1) is 7.20. The number of rotatable bonds is 2. The second kappa shape index (κ2) is 3.98. The highest BCUT2D eigenvalue weighted by molar-refractivity contribution is 9.10. The Hall–Kier alpha value is -1.42. The average Bonchev–Trinajstić information content (AvgIpc) is 2.64. The third-order valence-corrected chi connectivity index (χ3v) is 2.52. The van der Waals surface area contributed by atoms with Crippen molar-refractivity contribution >= 4 is 21.6 Å². The van der Waals surface area contributed by atoms with Gasteiger partial charge >= 0.3 is 0 Å². The van der Waals surface area contributed by atoms with E-state index in [0.29, 0.717) is 10.4 Å². The Kier molecular flexibility index (Phi) is 2.68. The molecule has 0 amide bonds. The van der Waals surface area contributed by atoms with E-state index in [1.165, 1.54) is 0 Å². The number of anilines is 1. The molecule has 0 spiro atoms. The van der Waals surface area contributed by atoms with E-state index in [0.717, 1.165) is 17.1 Å². The van der Waals surface area contributed by atoms with Gasteiger partial charge in [0, 0.05) is 17.3 Å². The van der Waals surface area contributed by atoms with Crippen molar-refractivity contribution in [1.82, 2.24) is 0 Å². The monoisotopic (exact) mass is 267 g/mol. The minimum atomic E-state index is 0.635. The number of benzene rings is 1. The maximum absolute atomic E-state index is 5.88. The first-order valence-corrected chi connectivity index (χ1v) is 5.19. The molecule has 15 heavy (non-hydrogen) atoms. The highest BCUT2D eigenvalue weighted by atomic mass is 79.9. The van der Waals surface area contributed by atoms with E-state index >= 15 is 0 Å². The zero-order valence-corrected chi connectivity index (χ0v) is 9.74. The van der Waals surface area contributed by atoms with Crippen molar-refractivity contribution < 1.29 is 9.15 Å². The fraction of sp³-hybridized carbons (Fsp3) is 0.0909. The van der Waals surface area contributed by atoms with Gasteiger partial charge in [-0.2, -0.15) is 0 Å². The lowest BCUT2D eigenvalue weighted by molar-refractivity contribution is 0.415. The molecule has 0 fully saturated rings. The van der Waals surface area contributed by atoms with Crippen molar-refractivity contribution in [2.75, 3.05) is 12.8 Å². The minimum absolute atomic E-state index is 0.635. The van der Waals surface area contributed by atoms with Crippen molar-refractivity contribution in [1.29, 1.82) is 0 Å². The summed E-state index contributed by atoms with van der Waals surface area (Å²) in [5.41, 5.74) is 7.38. The van der Waals surface area contributed by atoms with E-state index in [9.17, 15) is 0 Å². The lowest BCUT2D eigenvalue weighted by Crippen LogP contribution is -1.91. The molecule has 4 heteroatoms. The lowest BCUT2D eigenvalue weighted by Gasteiger charge is -2.05. The molecule has 2 rings (SSSR count). The molecule has 3 nitrogen and oxygen atoms in total. The van der Waals surface area contributed by atoms with Gasteiger partial charge in [0.1, 0.15) is 11.5 Å². The van der Waals surface area contributed by atoms with Gasteiger partial charge in [0.05, 0.1) is 7.11 Å². The summed E-state index contributed by atoms with van der Waals surface area (Å²) < 4.78 is 11.2. The summed E-state index contributed by atoms with van der Waals surface area (Å²) in [7, 11) is 1.61. The maximum Gasteiger partial charge on any atom is 0.169 e. The molecule has 0 radical (unpaired) electrons. The zero-order valence-electron chi connectivity index (χ0n) is 8.16. The van der Waals surface area contributed by atoms with Crippen LogP contribution >= 0.6 is 15.9 Å². The third kappa shape index (κ3) is 1.99. The zero-order chi connectivity index (χ0) is 10.8. The molecule has 1 heterocycles. The average molecular weight is 268 g/mol. The normalized spacial score (nSPS) is 10.3. The molecule has 2 aromatic rings. The molecule has 0 saturated carbocycles. The second-order valence-corrected chi connectivity index (χ2v) is 3.84. The van der Waals surface area contributed by atoms with Crippen molar-refractivity contribution in [3.05, 3.63) is 35.0 Å². The van der Waals surface area contributed by atoms with Crippen molar-refractivity contribution in [2.45, 2.75) is 0 Å². The van der Waals surface area contributed by atoms with Gasteiger partial charge in [-0.25, -0.2) is 0 Å². The molecule has 2 N–H and O–H groups in total. The van der Waals surface area contributed by atoms with Crippen LogP contribution in [0.4, 0.5) is 5.69 Å². The van der Waals surface area contributed by atoms with Gasteiger partial charge in [-0.3, -0.25) is 0 Å². The number of methoxy groups -OCH3 is 1. The van der Waals surface area contributed by atoms with Crippen molar-refractivity contribution in [3.63, 3.8) is 0 Å². The first-order valence-electron chi connectivity index (χ1n) is 4.40. The summed E-state index contributed by atoms with van der Waals surface area (Å²) in [6.07, 6.45) is 0. The number of furan rings is 1. The Morgan fingerprint density at radius 1 is 1.27 bits per heavy atom. The van der Waals surface area contributed by atoms with Crippen LogP contribution in [0.2, 0.25) is 0 Å². The number of halogens is 1. The Morgan fingerprint density at radius 2 is 2.07 bits per heavy atom. The summed E-state index contributed by atoms with van der Waals surface area (Å²) in [5, 5.41) is 0. The number of hydrogen-bond donors (Lipinski definition) is 1. The quantitative estimate of drug-likeness (QED) is 0.850. The predicted octanol–water partition coefficient (Wildman–Crippen LogP) is 3.30. The number of hydrogen-bond acceptors (Lipinski definition) is 3. The Labute approximate surface area is 96.0 Å². The molecule has 0 unspecified atom stereocenters. The van der Waals surface area contributed by atoms with Gasteiger partial charge in [0.2, 0.25) is 0 Å². The van der Waals surface area contributed by atoms with Crippen LogP contribution in [0, 0.1) is 0 Å². The van der Waals surface area contributed by atoms with Crippen LogP contribution in [0.5, 0.6) is 5.75 Å². The summed E-state index contributed by atoms with van der Waals surface area (Å²) in [6, 6.07) is 9.19. The summed E-state index contributed by atoms with van der Waals surface area (Å²) >= 11 is 3.25. The van der Waals surface area contributed by atoms with Crippen LogP contribution in [0.1, 0.15) is 0 Å². The molecule has 0 saturated heterocycles. The highest BCUT2D eigenvalue weighted by Crippen LogP contribution is 2.31. The van der Waals surface area contributed by atoms with Gasteiger partial charge in [-0.1, -0.05) is 0 Å². The molecule has 1 aromatic heterocycles. The molecular weight excluding hydrogens is 258 g/mol. The summed E-state index contributed by atoms with van der Waals surface area (Å²) in [4.78, 5) is 0. The molecule has 78 valence electrons. The standard InChI is InChI=1S/C11H10BrNO2/c1-14-7-2-3-8(9(13)6-7)10-4-5-11(12)15-10/h2-6H,13H2,1H3. The van der Waals surface area contributed by atoms with Crippen LogP contribution in [0.25, 0.3) is 11.3 Å². The molecular formula is C11H10BrNO2. The number of nitrogens with two attached hydrogens (primary N) is 1. The van der Waals surface area contributed by atoms with Gasteiger partial charge < -0.3 is 14.9 Å². The topological polar surface area (TPSA) is 48.4 Å². The van der Waals surface area contributed by atoms with E-state index in [-0.39, 0.29) is 0 Å². The lowest BCUT2D eigenvalue weighted by atomic mass is 10.1. The van der Waals surface area contributed by atoms with Crippen LogP contribution in [0.3, 0.4) is 0 Å². The van der Waals surface area contributed by atoms with E-state index in [1.54, 1.807) is 13.2 Å². The van der Waals surface area contributed by atoms with Crippen LogP contribution in [0.15, 0.2) is 39.4 Å². The van der Waals surface area contributed by atoms with E-state index < -0.39 is 0 Å². The molecule has 0 bridgehead atoms. The smallest absolute Gasteiger partial charge is 0.169 e. The van der Waals surface area contributed by atoms with Crippen LogP contribution in [-0.4, -0.2) is 7.11 Å². The molecule has 0 atom stereocenters. The molecule has 0 aliphatic rings. The second-order valence-electron chi connectivity index (χ2n) is 3.06. The number of nitrogen functional groups attached to an aromatic ring is 1. The largest absolute Gasteiger partial charge is 0.497 e. The first kappa shape index (κ1) is 10.1. The van der Waals surface area contributed by atoms with Gasteiger partial charge in [0.25, 0.3) is 0 Å². The van der Waals surface area contributed by atoms with Gasteiger partial charge in [-0.15, -0.1) is 0 Å².